The number of nitrogens with zero attached hydrogens (tertiary/aromatic N) is 1. The molecule has 0 bridgehead atoms. The van der Waals surface area contributed by atoms with E-state index in [9.17, 15) is 5.11 Å². The van der Waals surface area contributed by atoms with Gasteiger partial charge in [-0.1, -0.05) is 12.1 Å². The molecule has 3 N–H and O–H groups in total. The average molecular weight is 216 g/mol. The van der Waals surface area contributed by atoms with Gasteiger partial charge < -0.3 is 15.4 Å². The second-order valence-corrected chi connectivity index (χ2v) is 4.60. The Morgan fingerprint density at radius 3 is 3.12 bits per heavy atom. The SMILES string of the molecule is NCC1CCn2c(cc3cccc(O)c32)C1. The molecule has 2 heterocycles. The summed E-state index contributed by atoms with van der Waals surface area (Å²) in [4.78, 5) is 0. The predicted molar refractivity (Wildman–Crippen MR) is 64.5 cm³/mol. The normalized spacial score (nSPS) is 19.9. The summed E-state index contributed by atoms with van der Waals surface area (Å²) in [5.74, 6) is 0.980. The van der Waals surface area contributed by atoms with Gasteiger partial charge in [0.25, 0.3) is 0 Å². The number of fused-ring (bicyclic) bond motifs is 3. The smallest absolute Gasteiger partial charge is 0.139 e. The first-order valence-corrected chi connectivity index (χ1v) is 5.79. The van der Waals surface area contributed by atoms with Crippen molar-refractivity contribution in [3.05, 3.63) is 30.0 Å². The monoisotopic (exact) mass is 216 g/mol. The number of aromatic nitrogens is 1. The van der Waals surface area contributed by atoms with Gasteiger partial charge in [-0.05, 0) is 37.4 Å². The van der Waals surface area contributed by atoms with E-state index in [2.05, 4.69) is 16.7 Å². The van der Waals surface area contributed by atoms with Crippen molar-refractivity contribution >= 4 is 10.9 Å². The van der Waals surface area contributed by atoms with Gasteiger partial charge in [-0.3, -0.25) is 0 Å². The van der Waals surface area contributed by atoms with Crippen molar-refractivity contribution in [1.82, 2.24) is 4.57 Å². The number of phenolic OH excluding ortho intramolecular Hbond substituents is 1. The maximum Gasteiger partial charge on any atom is 0.139 e. The minimum Gasteiger partial charge on any atom is -0.506 e. The van der Waals surface area contributed by atoms with Crippen molar-refractivity contribution in [3.8, 4) is 5.75 Å². The largest absolute Gasteiger partial charge is 0.506 e. The Morgan fingerprint density at radius 1 is 1.44 bits per heavy atom. The fourth-order valence-electron chi connectivity index (χ4n) is 2.70. The van der Waals surface area contributed by atoms with Crippen molar-refractivity contribution in [1.29, 1.82) is 0 Å². The van der Waals surface area contributed by atoms with E-state index in [1.54, 1.807) is 6.07 Å². The fraction of sp³-hybridized carbons (Fsp3) is 0.385. The lowest BCUT2D eigenvalue weighted by Crippen LogP contribution is -2.24. The molecule has 1 atom stereocenters. The van der Waals surface area contributed by atoms with E-state index >= 15 is 0 Å². The summed E-state index contributed by atoms with van der Waals surface area (Å²) in [5, 5.41) is 11.0. The molecule has 0 saturated heterocycles. The summed E-state index contributed by atoms with van der Waals surface area (Å²) in [6, 6.07) is 7.88. The summed E-state index contributed by atoms with van der Waals surface area (Å²) in [6.07, 6.45) is 2.15. The standard InChI is InChI=1S/C13H16N2O/c14-8-9-4-5-15-11(6-9)7-10-2-1-3-12(16)13(10)15/h1-3,7,9,16H,4-6,8,14H2. The van der Waals surface area contributed by atoms with E-state index in [0.717, 1.165) is 36.8 Å². The molecule has 0 saturated carbocycles. The first-order valence-electron chi connectivity index (χ1n) is 5.79. The highest BCUT2D eigenvalue weighted by atomic mass is 16.3. The lowest BCUT2D eigenvalue weighted by molar-refractivity contribution is 0.398. The summed E-state index contributed by atoms with van der Waals surface area (Å²) in [6.45, 7) is 1.73. The number of para-hydroxylation sites is 1. The number of rotatable bonds is 1. The minimum atomic E-state index is 0.384. The highest BCUT2D eigenvalue weighted by Gasteiger charge is 2.20. The number of hydrogen-bond acceptors (Lipinski definition) is 2. The van der Waals surface area contributed by atoms with Crippen molar-refractivity contribution in [2.24, 2.45) is 11.7 Å². The van der Waals surface area contributed by atoms with Crippen LogP contribution in [0, 0.1) is 5.92 Å². The molecule has 16 heavy (non-hydrogen) atoms. The lowest BCUT2D eigenvalue weighted by Gasteiger charge is -2.23. The minimum absolute atomic E-state index is 0.384. The van der Waals surface area contributed by atoms with Crippen LogP contribution in [0.1, 0.15) is 12.1 Å². The van der Waals surface area contributed by atoms with Gasteiger partial charge >= 0.3 is 0 Å². The van der Waals surface area contributed by atoms with Gasteiger partial charge in [0, 0.05) is 17.6 Å². The zero-order chi connectivity index (χ0) is 11.1. The number of phenols is 1. The zero-order valence-corrected chi connectivity index (χ0v) is 9.19. The van der Waals surface area contributed by atoms with E-state index in [0.29, 0.717) is 11.7 Å². The highest BCUT2D eigenvalue weighted by molar-refractivity contribution is 5.86. The van der Waals surface area contributed by atoms with Crippen LogP contribution in [0.5, 0.6) is 5.75 Å². The maximum atomic E-state index is 9.89. The van der Waals surface area contributed by atoms with E-state index in [4.69, 9.17) is 5.73 Å². The summed E-state index contributed by atoms with van der Waals surface area (Å²) >= 11 is 0. The average Bonchev–Trinajstić information content (AvgIpc) is 2.67. The number of aryl methyl sites for hydroxylation is 1. The molecule has 0 aliphatic carbocycles. The predicted octanol–water partition coefficient (Wildman–Crippen LogP) is 1.87. The number of benzene rings is 1. The van der Waals surface area contributed by atoms with E-state index in [1.165, 1.54) is 5.69 Å². The number of hydrogen-bond donors (Lipinski definition) is 2. The van der Waals surface area contributed by atoms with Crippen molar-refractivity contribution in [2.75, 3.05) is 6.54 Å². The van der Waals surface area contributed by atoms with Crippen LogP contribution in [0.15, 0.2) is 24.3 Å². The number of aromatic hydroxyl groups is 1. The molecule has 3 heteroatoms. The van der Waals surface area contributed by atoms with Crippen LogP contribution in [0.2, 0.25) is 0 Å². The van der Waals surface area contributed by atoms with E-state index in [-0.39, 0.29) is 0 Å². The Labute approximate surface area is 94.5 Å². The van der Waals surface area contributed by atoms with Crippen LogP contribution in [0.3, 0.4) is 0 Å². The Kier molecular flexibility index (Phi) is 2.14. The third-order valence-electron chi connectivity index (χ3n) is 3.58. The van der Waals surface area contributed by atoms with Crippen LogP contribution >= 0.6 is 0 Å². The molecule has 0 spiro atoms. The maximum absolute atomic E-state index is 9.89. The second kappa shape index (κ2) is 3.52. The summed E-state index contributed by atoms with van der Waals surface area (Å²) in [5.41, 5.74) is 8.01. The molecule has 3 nitrogen and oxygen atoms in total. The Hall–Kier alpha value is -1.48. The van der Waals surface area contributed by atoms with Crippen molar-refractivity contribution in [3.63, 3.8) is 0 Å². The number of nitrogens with two attached hydrogens (primary N) is 1. The molecular weight excluding hydrogens is 200 g/mol. The fourth-order valence-corrected chi connectivity index (χ4v) is 2.70. The molecule has 2 aromatic rings. The molecule has 0 fully saturated rings. The Bertz CT molecular complexity index is 530. The van der Waals surface area contributed by atoms with Gasteiger partial charge in [-0.25, -0.2) is 0 Å². The first-order chi connectivity index (χ1) is 7.79. The molecule has 1 aromatic heterocycles. The Morgan fingerprint density at radius 2 is 2.31 bits per heavy atom. The molecule has 84 valence electrons. The lowest BCUT2D eigenvalue weighted by atomic mass is 9.96. The third kappa shape index (κ3) is 1.32. The molecule has 0 amide bonds. The summed E-state index contributed by atoms with van der Waals surface area (Å²) < 4.78 is 2.23. The second-order valence-electron chi connectivity index (χ2n) is 4.60. The van der Waals surface area contributed by atoms with Crippen LogP contribution in [0.4, 0.5) is 0 Å². The van der Waals surface area contributed by atoms with E-state index < -0.39 is 0 Å². The van der Waals surface area contributed by atoms with Crippen molar-refractivity contribution < 1.29 is 5.11 Å². The highest BCUT2D eigenvalue weighted by Crippen LogP contribution is 2.32. The topological polar surface area (TPSA) is 51.2 Å². The van der Waals surface area contributed by atoms with Crippen LogP contribution in [-0.2, 0) is 13.0 Å². The van der Waals surface area contributed by atoms with Gasteiger partial charge in [0.1, 0.15) is 5.75 Å². The van der Waals surface area contributed by atoms with Gasteiger partial charge in [-0.15, -0.1) is 0 Å². The third-order valence-corrected chi connectivity index (χ3v) is 3.58. The quantitative estimate of drug-likeness (QED) is 0.764. The van der Waals surface area contributed by atoms with Crippen LogP contribution < -0.4 is 5.73 Å². The van der Waals surface area contributed by atoms with Gasteiger partial charge in [-0.2, -0.15) is 0 Å². The Balaban J connectivity index is 2.17. The van der Waals surface area contributed by atoms with Gasteiger partial charge in [0.05, 0.1) is 5.52 Å². The molecule has 0 radical (unpaired) electrons. The van der Waals surface area contributed by atoms with Crippen molar-refractivity contribution in [2.45, 2.75) is 19.4 Å². The first kappa shape index (κ1) is 9.73. The molecular formula is C13H16N2O. The molecule has 1 unspecified atom stereocenters. The van der Waals surface area contributed by atoms with Crippen LogP contribution in [0.25, 0.3) is 10.9 Å². The molecule has 1 aliphatic rings. The van der Waals surface area contributed by atoms with E-state index in [1.807, 2.05) is 6.07 Å². The van der Waals surface area contributed by atoms with Crippen LogP contribution in [-0.4, -0.2) is 16.2 Å². The van der Waals surface area contributed by atoms with Gasteiger partial charge in [0.15, 0.2) is 0 Å². The molecule has 3 rings (SSSR count). The molecule has 1 aromatic carbocycles. The zero-order valence-electron chi connectivity index (χ0n) is 9.19. The summed E-state index contributed by atoms with van der Waals surface area (Å²) in [7, 11) is 0. The van der Waals surface area contributed by atoms with Gasteiger partial charge in [0.2, 0.25) is 0 Å². The molecule has 1 aliphatic heterocycles.